The molecular formula is C16H24N2O2. The first-order chi connectivity index (χ1) is 9.58. The van der Waals surface area contributed by atoms with E-state index < -0.39 is 0 Å². The van der Waals surface area contributed by atoms with Gasteiger partial charge in [0.1, 0.15) is 5.75 Å². The monoisotopic (exact) mass is 276 g/mol. The zero-order valence-corrected chi connectivity index (χ0v) is 12.3. The summed E-state index contributed by atoms with van der Waals surface area (Å²) in [5.74, 6) is 0.615. The lowest BCUT2D eigenvalue weighted by Gasteiger charge is -2.16. The van der Waals surface area contributed by atoms with Crippen LogP contribution in [0.25, 0.3) is 0 Å². The van der Waals surface area contributed by atoms with Crippen molar-refractivity contribution in [2.24, 2.45) is 5.73 Å². The fraction of sp³-hybridized carbons (Fsp3) is 0.438. The Kier molecular flexibility index (Phi) is 6.81. The average molecular weight is 276 g/mol. The highest BCUT2D eigenvalue weighted by molar-refractivity contribution is 5.77. The van der Waals surface area contributed by atoms with Gasteiger partial charge in [0.15, 0.2) is 6.61 Å². The number of rotatable bonds is 8. The lowest BCUT2D eigenvalue weighted by Crippen LogP contribution is -2.29. The molecule has 0 saturated heterocycles. The van der Waals surface area contributed by atoms with Gasteiger partial charge in [0.2, 0.25) is 0 Å². The maximum atomic E-state index is 11.6. The Morgan fingerprint density at radius 1 is 1.55 bits per heavy atom. The predicted octanol–water partition coefficient (Wildman–Crippen LogP) is 1.96. The Bertz CT molecular complexity index is 458. The van der Waals surface area contributed by atoms with Crippen LogP contribution in [0.3, 0.4) is 0 Å². The number of benzene rings is 1. The van der Waals surface area contributed by atoms with Gasteiger partial charge in [-0.3, -0.25) is 4.79 Å². The van der Waals surface area contributed by atoms with Crippen LogP contribution in [0.1, 0.15) is 24.5 Å². The molecule has 4 nitrogen and oxygen atoms in total. The van der Waals surface area contributed by atoms with Gasteiger partial charge in [-0.25, -0.2) is 0 Å². The fourth-order valence-corrected chi connectivity index (χ4v) is 1.88. The van der Waals surface area contributed by atoms with Crippen LogP contribution in [0.4, 0.5) is 0 Å². The number of amides is 1. The molecule has 0 aromatic heterocycles. The third-order valence-electron chi connectivity index (χ3n) is 3.09. The van der Waals surface area contributed by atoms with Crippen LogP contribution in [-0.2, 0) is 11.2 Å². The molecule has 0 heterocycles. The molecule has 1 aromatic rings. The molecule has 110 valence electrons. The third kappa shape index (κ3) is 5.05. The molecule has 0 radical (unpaired) electrons. The van der Waals surface area contributed by atoms with E-state index in [1.54, 1.807) is 6.08 Å². The summed E-state index contributed by atoms with van der Waals surface area (Å²) in [6.45, 7) is 8.04. The first kappa shape index (κ1) is 16.2. The molecule has 0 aliphatic carbocycles. The molecule has 1 unspecified atom stereocenters. The minimum atomic E-state index is -0.154. The molecule has 1 aromatic carbocycles. The normalized spacial score (nSPS) is 11.8. The van der Waals surface area contributed by atoms with E-state index in [1.165, 1.54) is 0 Å². The van der Waals surface area contributed by atoms with Crippen LogP contribution in [-0.4, -0.2) is 25.1 Å². The van der Waals surface area contributed by atoms with E-state index in [9.17, 15) is 4.79 Å². The van der Waals surface area contributed by atoms with Gasteiger partial charge in [0.05, 0.1) is 0 Å². The Balaban J connectivity index is 2.72. The molecule has 0 saturated carbocycles. The zero-order valence-electron chi connectivity index (χ0n) is 12.3. The summed E-state index contributed by atoms with van der Waals surface area (Å²) < 4.78 is 5.67. The fourth-order valence-electron chi connectivity index (χ4n) is 1.88. The summed E-state index contributed by atoms with van der Waals surface area (Å²) in [6.07, 6.45) is 3.30. The van der Waals surface area contributed by atoms with Crippen molar-refractivity contribution in [3.8, 4) is 5.75 Å². The summed E-state index contributed by atoms with van der Waals surface area (Å²) in [5.41, 5.74) is 8.07. The van der Waals surface area contributed by atoms with Crippen molar-refractivity contribution in [3.05, 3.63) is 42.0 Å². The van der Waals surface area contributed by atoms with E-state index in [1.807, 2.05) is 25.1 Å². The first-order valence-electron chi connectivity index (χ1n) is 6.93. The zero-order chi connectivity index (χ0) is 15.0. The highest BCUT2D eigenvalue weighted by atomic mass is 16.5. The van der Waals surface area contributed by atoms with E-state index in [-0.39, 0.29) is 18.6 Å². The SMILES string of the molecule is C=CCNC(=O)COc1c(C)cccc1CC(N)CC. The maximum absolute atomic E-state index is 11.6. The standard InChI is InChI=1S/C16H24N2O2/c1-4-9-18-15(19)11-20-16-12(3)7-6-8-13(16)10-14(17)5-2/h4,6-8,14H,1,5,9-11,17H2,2-3H3,(H,18,19). The molecule has 4 heteroatoms. The Morgan fingerprint density at radius 3 is 2.95 bits per heavy atom. The second-order valence-electron chi connectivity index (χ2n) is 4.82. The van der Waals surface area contributed by atoms with Crippen molar-refractivity contribution in [1.29, 1.82) is 0 Å². The molecular weight excluding hydrogens is 252 g/mol. The molecule has 0 spiro atoms. The number of hydrogen-bond donors (Lipinski definition) is 2. The Morgan fingerprint density at radius 2 is 2.30 bits per heavy atom. The van der Waals surface area contributed by atoms with Gasteiger partial charge in [-0.05, 0) is 30.9 Å². The molecule has 0 aliphatic heterocycles. The van der Waals surface area contributed by atoms with Crippen molar-refractivity contribution in [2.45, 2.75) is 32.7 Å². The predicted molar refractivity (Wildman–Crippen MR) is 81.9 cm³/mol. The number of nitrogens with one attached hydrogen (secondary N) is 1. The van der Waals surface area contributed by atoms with Crippen LogP contribution >= 0.6 is 0 Å². The van der Waals surface area contributed by atoms with Crippen molar-refractivity contribution < 1.29 is 9.53 Å². The van der Waals surface area contributed by atoms with E-state index in [0.717, 1.165) is 29.7 Å². The summed E-state index contributed by atoms with van der Waals surface area (Å²) >= 11 is 0. The van der Waals surface area contributed by atoms with Crippen LogP contribution in [0.15, 0.2) is 30.9 Å². The number of carbonyl (C=O) groups is 1. The summed E-state index contributed by atoms with van der Waals surface area (Å²) in [6, 6.07) is 6.06. The van der Waals surface area contributed by atoms with E-state index >= 15 is 0 Å². The molecule has 0 aliphatic rings. The molecule has 20 heavy (non-hydrogen) atoms. The maximum Gasteiger partial charge on any atom is 0.258 e. The highest BCUT2D eigenvalue weighted by Crippen LogP contribution is 2.24. The molecule has 0 bridgehead atoms. The van der Waals surface area contributed by atoms with Gasteiger partial charge in [-0.1, -0.05) is 31.2 Å². The van der Waals surface area contributed by atoms with E-state index in [4.69, 9.17) is 10.5 Å². The highest BCUT2D eigenvalue weighted by Gasteiger charge is 2.11. The Labute approximate surface area is 121 Å². The van der Waals surface area contributed by atoms with Crippen LogP contribution in [0.5, 0.6) is 5.75 Å². The molecule has 3 N–H and O–H groups in total. The largest absolute Gasteiger partial charge is 0.483 e. The minimum absolute atomic E-state index is 0.00700. The number of hydrogen-bond acceptors (Lipinski definition) is 3. The smallest absolute Gasteiger partial charge is 0.258 e. The van der Waals surface area contributed by atoms with Gasteiger partial charge in [-0.15, -0.1) is 6.58 Å². The van der Waals surface area contributed by atoms with Crippen molar-refractivity contribution in [3.63, 3.8) is 0 Å². The van der Waals surface area contributed by atoms with E-state index in [0.29, 0.717) is 6.54 Å². The number of nitrogens with two attached hydrogens (primary N) is 1. The van der Waals surface area contributed by atoms with Crippen molar-refractivity contribution in [1.82, 2.24) is 5.32 Å². The number of para-hydroxylation sites is 1. The summed E-state index contributed by atoms with van der Waals surface area (Å²) in [4.78, 5) is 11.6. The Hall–Kier alpha value is -1.81. The third-order valence-corrected chi connectivity index (χ3v) is 3.09. The van der Waals surface area contributed by atoms with Crippen LogP contribution in [0.2, 0.25) is 0 Å². The molecule has 1 amide bonds. The summed E-state index contributed by atoms with van der Waals surface area (Å²) in [7, 11) is 0. The molecule has 1 rings (SSSR count). The van der Waals surface area contributed by atoms with E-state index in [2.05, 4.69) is 18.8 Å². The quantitative estimate of drug-likeness (QED) is 0.713. The lowest BCUT2D eigenvalue weighted by atomic mass is 10.0. The molecule has 1 atom stereocenters. The summed E-state index contributed by atoms with van der Waals surface area (Å²) in [5, 5.41) is 2.69. The second-order valence-corrected chi connectivity index (χ2v) is 4.82. The van der Waals surface area contributed by atoms with Crippen LogP contribution < -0.4 is 15.8 Å². The van der Waals surface area contributed by atoms with Crippen LogP contribution in [0, 0.1) is 6.92 Å². The topological polar surface area (TPSA) is 64.3 Å². The minimum Gasteiger partial charge on any atom is -0.483 e. The number of ether oxygens (including phenoxy) is 1. The van der Waals surface area contributed by atoms with Crippen molar-refractivity contribution in [2.75, 3.05) is 13.2 Å². The first-order valence-corrected chi connectivity index (χ1v) is 6.93. The van der Waals surface area contributed by atoms with Gasteiger partial charge in [-0.2, -0.15) is 0 Å². The van der Waals surface area contributed by atoms with Gasteiger partial charge in [0.25, 0.3) is 5.91 Å². The second kappa shape index (κ2) is 8.38. The van der Waals surface area contributed by atoms with Crippen molar-refractivity contribution >= 4 is 5.91 Å². The lowest BCUT2D eigenvalue weighted by molar-refractivity contribution is -0.122. The van der Waals surface area contributed by atoms with Gasteiger partial charge in [0, 0.05) is 12.6 Å². The number of carbonyl (C=O) groups excluding carboxylic acids is 1. The van der Waals surface area contributed by atoms with Gasteiger partial charge >= 0.3 is 0 Å². The number of aryl methyl sites for hydroxylation is 1. The molecule has 0 fully saturated rings. The average Bonchev–Trinajstić information content (AvgIpc) is 2.44. The van der Waals surface area contributed by atoms with Gasteiger partial charge < -0.3 is 15.8 Å².